The summed E-state index contributed by atoms with van der Waals surface area (Å²) in [5.74, 6) is -1.79. The molecule has 2 aliphatic rings. The molecule has 1 saturated heterocycles. The molecule has 5 rings (SSSR count). The molecular weight excluding hydrogens is 506 g/mol. The third kappa shape index (κ3) is 5.06. The second kappa shape index (κ2) is 9.71. The second-order valence-electron chi connectivity index (χ2n) is 9.34. The highest BCUT2D eigenvalue weighted by atomic mass is 19.4. The first kappa shape index (κ1) is 25.7. The first-order chi connectivity index (χ1) is 18.0. The summed E-state index contributed by atoms with van der Waals surface area (Å²) in [4.78, 5) is 28.5. The molecule has 11 heteroatoms. The Morgan fingerprint density at radius 1 is 1.08 bits per heavy atom. The molecule has 0 atom stereocenters. The van der Waals surface area contributed by atoms with Crippen molar-refractivity contribution in [1.82, 2.24) is 4.98 Å². The van der Waals surface area contributed by atoms with Crippen LogP contribution in [0.2, 0.25) is 0 Å². The molecule has 0 unspecified atom stereocenters. The lowest BCUT2D eigenvalue weighted by molar-refractivity contribution is -0.141. The van der Waals surface area contributed by atoms with Gasteiger partial charge in [0.15, 0.2) is 11.6 Å². The largest absolute Gasteiger partial charge is 0.481 e. The number of alkyl halides is 3. The fourth-order valence-electron chi connectivity index (χ4n) is 4.64. The van der Waals surface area contributed by atoms with Crippen LogP contribution in [0.4, 0.5) is 28.9 Å². The number of benzene rings is 2. The smallest absolute Gasteiger partial charge is 0.433 e. The second-order valence-corrected chi connectivity index (χ2v) is 9.34. The standard InChI is InChI=1S/C27H23F4N3O4/c1-15-2-3-17(33-25(36)16-6-9-32-21(12-16)27(29,30)31)13-19(15)18-4-5-20-24(23(18)28)38-26(14-22(35)34-20)7-10-37-11-8-26/h2-6,9,12-13H,7-8,10-11,14H2,1H3,(H,33,36)(H,34,35). The number of aromatic nitrogens is 1. The summed E-state index contributed by atoms with van der Waals surface area (Å²) < 4.78 is 66.5. The third-order valence-electron chi connectivity index (χ3n) is 6.67. The molecule has 0 aliphatic carbocycles. The van der Waals surface area contributed by atoms with E-state index < -0.39 is 29.2 Å². The lowest BCUT2D eigenvalue weighted by Gasteiger charge is -2.35. The van der Waals surface area contributed by atoms with Gasteiger partial charge in [-0.1, -0.05) is 6.07 Å². The number of hydrogen-bond acceptors (Lipinski definition) is 5. The zero-order valence-electron chi connectivity index (χ0n) is 20.2. The molecule has 7 nitrogen and oxygen atoms in total. The van der Waals surface area contributed by atoms with Gasteiger partial charge in [0.1, 0.15) is 11.3 Å². The van der Waals surface area contributed by atoms with Crippen LogP contribution in [0, 0.1) is 12.7 Å². The predicted octanol–water partition coefficient (Wildman–Crippen LogP) is 5.74. The van der Waals surface area contributed by atoms with E-state index in [1.54, 1.807) is 25.1 Å². The summed E-state index contributed by atoms with van der Waals surface area (Å²) in [6, 6.07) is 9.65. The molecule has 2 amide bonds. The monoisotopic (exact) mass is 529 g/mol. The molecule has 2 aliphatic heterocycles. The minimum Gasteiger partial charge on any atom is -0.481 e. The van der Waals surface area contributed by atoms with E-state index in [9.17, 15) is 22.8 Å². The van der Waals surface area contributed by atoms with Crippen LogP contribution in [-0.2, 0) is 15.7 Å². The van der Waals surface area contributed by atoms with Crippen LogP contribution < -0.4 is 15.4 Å². The van der Waals surface area contributed by atoms with Crippen molar-refractivity contribution in [3.05, 3.63) is 71.3 Å². The number of amides is 2. The SMILES string of the molecule is Cc1ccc(NC(=O)c2ccnc(C(F)(F)F)c2)cc1-c1ccc2c(c1F)OC1(CCOCC1)CC(=O)N2. The molecule has 38 heavy (non-hydrogen) atoms. The van der Waals surface area contributed by atoms with Gasteiger partial charge in [-0.2, -0.15) is 13.2 Å². The Morgan fingerprint density at radius 3 is 2.58 bits per heavy atom. The minimum absolute atomic E-state index is 0.0689. The van der Waals surface area contributed by atoms with Crippen molar-refractivity contribution in [3.8, 4) is 16.9 Å². The van der Waals surface area contributed by atoms with Crippen LogP contribution in [-0.4, -0.2) is 35.6 Å². The van der Waals surface area contributed by atoms with Crippen molar-refractivity contribution in [2.24, 2.45) is 0 Å². The van der Waals surface area contributed by atoms with Crippen molar-refractivity contribution in [2.45, 2.75) is 38.0 Å². The molecule has 0 saturated carbocycles. The third-order valence-corrected chi connectivity index (χ3v) is 6.67. The summed E-state index contributed by atoms with van der Waals surface area (Å²) in [6.45, 7) is 2.55. The summed E-state index contributed by atoms with van der Waals surface area (Å²) in [7, 11) is 0. The number of carbonyl (C=O) groups is 2. The Kier molecular flexibility index (Phi) is 6.56. The molecular formula is C27H23F4N3O4. The number of nitrogens with one attached hydrogen (secondary N) is 2. The Bertz CT molecular complexity index is 1420. The maximum Gasteiger partial charge on any atom is 0.433 e. The van der Waals surface area contributed by atoms with E-state index in [0.29, 0.717) is 43.2 Å². The first-order valence-corrected chi connectivity index (χ1v) is 11.9. The first-order valence-electron chi connectivity index (χ1n) is 11.9. The van der Waals surface area contributed by atoms with Gasteiger partial charge >= 0.3 is 6.18 Å². The van der Waals surface area contributed by atoms with Gasteiger partial charge in [-0.3, -0.25) is 14.6 Å². The highest BCUT2D eigenvalue weighted by Crippen LogP contribution is 2.43. The van der Waals surface area contributed by atoms with E-state index in [1.165, 1.54) is 18.2 Å². The molecule has 2 aromatic carbocycles. The highest BCUT2D eigenvalue weighted by molar-refractivity contribution is 6.04. The predicted molar refractivity (Wildman–Crippen MR) is 130 cm³/mol. The van der Waals surface area contributed by atoms with E-state index in [2.05, 4.69) is 15.6 Å². The Hall–Kier alpha value is -3.99. The van der Waals surface area contributed by atoms with Gasteiger partial charge in [0.25, 0.3) is 5.91 Å². The number of ether oxygens (including phenoxy) is 2. The van der Waals surface area contributed by atoms with Gasteiger partial charge in [-0.05, 0) is 54.4 Å². The van der Waals surface area contributed by atoms with Crippen molar-refractivity contribution >= 4 is 23.2 Å². The van der Waals surface area contributed by atoms with E-state index in [4.69, 9.17) is 9.47 Å². The lowest BCUT2D eigenvalue weighted by Crippen LogP contribution is -2.43. The van der Waals surface area contributed by atoms with E-state index in [-0.39, 0.29) is 40.6 Å². The molecule has 2 N–H and O–H groups in total. The van der Waals surface area contributed by atoms with Crippen molar-refractivity contribution < 1.29 is 36.6 Å². The van der Waals surface area contributed by atoms with Crippen molar-refractivity contribution in [2.75, 3.05) is 23.8 Å². The van der Waals surface area contributed by atoms with Crippen molar-refractivity contribution in [3.63, 3.8) is 0 Å². The van der Waals surface area contributed by atoms with Gasteiger partial charge in [0.05, 0.1) is 25.3 Å². The van der Waals surface area contributed by atoms with E-state index >= 15 is 4.39 Å². The minimum atomic E-state index is -4.69. The number of fused-ring (bicyclic) bond motifs is 1. The quantitative estimate of drug-likeness (QED) is 0.423. The molecule has 0 radical (unpaired) electrons. The van der Waals surface area contributed by atoms with Crippen LogP contribution in [0.1, 0.15) is 40.9 Å². The zero-order valence-corrected chi connectivity index (χ0v) is 20.2. The van der Waals surface area contributed by atoms with Gasteiger partial charge in [-0.15, -0.1) is 0 Å². The summed E-state index contributed by atoms with van der Waals surface area (Å²) in [6.07, 6.45) is -2.83. The van der Waals surface area contributed by atoms with Gasteiger partial charge in [0.2, 0.25) is 5.91 Å². The molecule has 1 aromatic heterocycles. The average molecular weight is 529 g/mol. The number of carbonyl (C=O) groups excluding carboxylic acids is 2. The van der Waals surface area contributed by atoms with Crippen LogP contribution in [0.3, 0.4) is 0 Å². The zero-order chi connectivity index (χ0) is 27.1. The number of nitrogens with zero attached hydrogens (tertiary/aromatic N) is 1. The fourth-order valence-corrected chi connectivity index (χ4v) is 4.64. The van der Waals surface area contributed by atoms with Crippen molar-refractivity contribution in [1.29, 1.82) is 0 Å². The molecule has 1 fully saturated rings. The number of rotatable bonds is 3. The molecule has 1 spiro atoms. The van der Waals surface area contributed by atoms with Crippen LogP contribution in [0.15, 0.2) is 48.7 Å². The summed E-state index contributed by atoms with van der Waals surface area (Å²) >= 11 is 0. The highest BCUT2D eigenvalue weighted by Gasteiger charge is 2.41. The van der Waals surface area contributed by atoms with E-state index in [0.717, 1.165) is 6.20 Å². The number of pyridine rings is 1. The Balaban J connectivity index is 1.47. The van der Waals surface area contributed by atoms with Crippen LogP contribution in [0.25, 0.3) is 11.1 Å². The summed E-state index contributed by atoms with van der Waals surface area (Å²) in [5, 5.41) is 5.27. The van der Waals surface area contributed by atoms with Crippen LogP contribution in [0.5, 0.6) is 5.75 Å². The molecule has 198 valence electrons. The van der Waals surface area contributed by atoms with Gasteiger partial charge < -0.3 is 20.1 Å². The number of anilines is 2. The number of hydrogen-bond donors (Lipinski definition) is 2. The maximum atomic E-state index is 16.0. The van der Waals surface area contributed by atoms with Crippen LogP contribution >= 0.6 is 0 Å². The lowest BCUT2D eigenvalue weighted by atomic mass is 9.90. The Morgan fingerprint density at radius 2 is 1.84 bits per heavy atom. The molecule has 0 bridgehead atoms. The normalized spacial score (nSPS) is 16.7. The maximum absolute atomic E-state index is 16.0. The topological polar surface area (TPSA) is 89.6 Å². The summed E-state index contributed by atoms with van der Waals surface area (Å²) in [5.41, 5.74) is -0.507. The average Bonchev–Trinajstić information content (AvgIpc) is 3.01. The number of aryl methyl sites for hydroxylation is 1. The van der Waals surface area contributed by atoms with Gasteiger partial charge in [0, 0.05) is 35.9 Å². The van der Waals surface area contributed by atoms with E-state index in [1.807, 2.05) is 0 Å². The number of halogens is 4. The molecule has 3 heterocycles. The molecule has 3 aromatic rings. The Labute approximate surface area is 215 Å². The fraction of sp³-hybridized carbons (Fsp3) is 0.296. The van der Waals surface area contributed by atoms with Gasteiger partial charge in [-0.25, -0.2) is 4.39 Å².